The van der Waals surface area contributed by atoms with Crippen molar-refractivity contribution >= 4 is 45.1 Å². The molecule has 0 aliphatic rings. The van der Waals surface area contributed by atoms with Gasteiger partial charge in [-0.1, -0.05) is 12.1 Å². The third kappa shape index (κ3) is 4.37. The van der Waals surface area contributed by atoms with Crippen molar-refractivity contribution in [2.45, 2.75) is 25.3 Å². The first-order valence-corrected chi connectivity index (χ1v) is 11.6. The largest absolute Gasteiger partial charge is 0.339 e. The lowest BCUT2D eigenvalue weighted by Crippen LogP contribution is -2.08. The first kappa shape index (κ1) is 22.1. The van der Waals surface area contributed by atoms with E-state index < -0.39 is 5.82 Å². The van der Waals surface area contributed by atoms with Crippen LogP contribution in [0.4, 0.5) is 15.9 Å². The smallest absolute Gasteiger partial charge is 0.256 e. The molecule has 3 heterocycles. The Balaban J connectivity index is 1.51. The Kier molecular flexibility index (Phi) is 6.00. The van der Waals surface area contributed by atoms with Crippen LogP contribution in [0.25, 0.3) is 21.7 Å². The lowest BCUT2D eigenvalue weighted by Gasteiger charge is -2.16. The summed E-state index contributed by atoms with van der Waals surface area (Å²) in [6.07, 6.45) is 5.18. The molecule has 0 spiro atoms. The summed E-state index contributed by atoms with van der Waals surface area (Å²) in [5.41, 5.74) is 4.45. The number of aryl methyl sites for hydroxylation is 2. The number of pyridine rings is 3. The second kappa shape index (κ2) is 9.24. The Morgan fingerprint density at radius 3 is 2.76 bits per heavy atom. The number of fused-ring (bicyclic) bond motifs is 3. The van der Waals surface area contributed by atoms with E-state index in [1.54, 1.807) is 36.5 Å². The maximum atomic E-state index is 13.9. The molecular weight excluding hydrogens is 449 g/mol. The van der Waals surface area contributed by atoms with E-state index in [0.717, 1.165) is 27.3 Å². The van der Waals surface area contributed by atoms with Gasteiger partial charge in [-0.15, -0.1) is 0 Å². The number of halogens is 1. The number of benzene rings is 2. The highest BCUT2D eigenvalue weighted by molar-refractivity contribution is 7.97. The molecule has 0 unspecified atom stereocenters. The maximum Gasteiger partial charge on any atom is 0.256 e. The molecule has 34 heavy (non-hydrogen) atoms. The van der Waals surface area contributed by atoms with E-state index in [-0.39, 0.29) is 5.56 Å². The second-order valence-electron chi connectivity index (χ2n) is 8.06. The summed E-state index contributed by atoms with van der Waals surface area (Å²) < 4.78 is 17.3. The first-order valence-electron chi connectivity index (χ1n) is 10.8. The van der Waals surface area contributed by atoms with E-state index in [1.165, 1.54) is 12.1 Å². The quantitative estimate of drug-likeness (QED) is 0.216. The van der Waals surface area contributed by atoms with Crippen LogP contribution in [-0.2, 0) is 6.54 Å². The zero-order chi connectivity index (χ0) is 23.7. The maximum absolute atomic E-state index is 13.9. The molecule has 0 amide bonds. The van der Waals surface area contributed by atoms with E-state index in [9.17, 15) is 9.18 Å². The molecule has 5 aromatic rings. The number of hydrogen-bond acceptors (Lipinski definition) is 6. The highest BCUT2D eigenvalue weighted by atomic mass is 32.2. The van der Waals surface area contributed by atoms with Crippen LogP contribution in [0.5, 0.6) is 0 Å². The fraction of sp³-hybridized carbons (Fsp3) is 0.115. The zero-order valence-electron chi connectivity index (χ0n) is 18.6. The van der Waals surface area contributed by atoms with Gasteiger partial charge < -0.3 is 10.3 Å². The molecule has 8 heteroatoms. The Bertz CT molecular complexity index is 1570. The first-order chi connectivity index (χ1) is 16.5. The summed E-state index contributed by atoms with van der Waals surface area (Å²) in [5, 5.41) is 4.94. The molecule has 0 aliphatic carbocycles. The lowest BCUT2D eigenvalue weighted by molar-refractivity contribution is 0.629. The number of nitrogens with one attached hydrogen (secondary N) is 3. The summed E-state index contributed by atoms with van der Waals surface area (Å²) in [7, 11) is 0. The Morgan fingerprint density at radius 2 is 1.94 bits per heavy atom. The highest BCUT2D eigenvalue weighted by Crippen LogP contribution is 2.33. The average Bonchev–Trinajstić information content (AvgIpc) is 2.83. The number of aromatic amines is 1. The minimum absolute atomic E-state index is 0.282. The number of aromatic nitrogens is 3. The predicted molar refractivity (Wildman–Crippen MR) is 136 cm³/mol. The van der Waals surface area contributed by atoms with E-state index in [1.807, 2.05) is 25.3 Å². The van der Waals surface area contributed by atoms with Crippen molar-refractivity contribution in [1.29, 1.82) is 0 Å². The summed E-state index contributed by atoms with van der Waals surface area (Å²) >= 11 is 1.55. The summed E-state index contributed by atoms with van der Waals surface area (Å²) in [6.45, 7) is 4.78. The predicted octanol–water partition coefficient (Wildman–Crippen LogP) is 5.77. The Hall–Kier alpha value is -3.75. The van der Waals surface area contributed by atoms with Crippen LogP contribution in [0, 0.1) is 19.7 Å². The number of anilines is 2. The molecular formula is C26H22FN5OS. The molecule has 0 fully saturated rings. The average molecular weight is 472 g/mol. The van der Waals surface area contributed by atoms with Crippen molar-refractivity contribution in [2.75, 3.05) is 5.32 Å². The molecule has 0 atom stereocenters. The van der Waals surface area contributed by atoms with E-state index in [4.69, 9.17) is 4.98 Å². The molecule has 6 nitrogen and oxygen atoms in total. The number of hydrogen-bond donors (Lipinski definition) is 3. The molecule has 170 valence electrons. The van der Waals surface area contributed by atoms with Gasteiger partial charge in [0, 0.05) is 46.5 Å². The molecule has 0 saturated carbocycles. The van der Waals surface area contributed by atoms with Crippen molar-refractivity contribution in [3.8, 4) is 0 Å². The molecule has 5 rings (SSSR count). The highest BCUT2D eigenvalue weighted by Gasteiger charge is 2.14. The monoisotopic (exact) mass is 471 g/mol. The van der Waals surface area contributed by atoms with Gasteiger partial charge in [-0.2, -0.15) is 0 Å². The van der Waals surface area contributed by atoms with E-state index in [0.29, 0.717) is 34.0 Å². The van der Waals surface area contributed by atoms with Gasteiger partial charge in [-0.05, 0) is 78.9 Å². The van der Waals surface area contributed by atoms with Crippen LogP contribution in [-0.4, -0.2) is 15.0 Å². The number of H-pyrrole nitrogens is 1. The van der Waals surface area contributed by atoms with Gasteiger partial charge in [0.05, 0.1) is 10.9 Å². The normalized spacial score (nSPS) is 11.3. The molecule has 3 N–H and O–H groups in total. The minimum atomic E-state index is -0.408. The Labute approximate surface area is 199 Å². The van der Waals surface area contributed by atoms with Crippen LogP contribution in [0.2, 0.25) is 0 Å². The molecule has 0 bridgehead atoms. The van der Waals surface area contributed by atoms with Crippen LogP contribution >= 0.6 is 11.9 Å². The van der Waals surface area contributed by atoms with Crippen molar-refractivity contribution in [1.82, 2.24) is 19.7 Å². The van der Waals surface area contributed by atoms with Gasteiger partial charge in [0.1, 0.15) is 11.6 Å². The molecule has 3 aromatic heterocycles. The fourth-order valence-corrected chi connectivity index (χ4v) is 4.72. The van der Waals surface area contributed by atoms with Gasteiger partial charge in [-0.3, -0.25) is 14.5 Å². The summed E-state index contributed by atoms with van der Waals surface area (Å²) in [5.74, 6) is 0.140. The van der Waals surface area contributed by atoms with Crippen LogP contribution in [0.15, 0.2) is 76.8 Å². The number of nitrogens with zero attached hydrogens (tertiary/aromatic N) is 2. The molecule has 0 aliphatic heterocycles. The van der Waals surface area contributed by atoms with Gasteiger partial charge in [-0.25, -0.2) is 9.37 Å². The standard InChI is InChI=1S/C26H22FN5OS/c1-15-10-16(2)23(34-30-14-17-4-3-8-28-13-17)12-22(15)32-25-19-7-9-29-26(33)24(19)20-11-18(27)5-6-21(20)31-25/h3-13,30H,14H2,1-2H3,(H,29,33)(H,31,32). The van der Waals surface area contributed by atoms with E-state index in [2.05, 4.69) is 39.1 Å². The van der Waals surface area contributed by atoms with Crippen molar-refractivity contribution in [3.05, 3.63) is 100.0 Å². The SMILES string of the molecule is Cc1cc(C)c(SNCc2cccnc2)cc1Nc1nc2ccc(F)cc2c2c(=O)[nH]ccc12. The third-order valence-corrected chi connectivity index (χ3v) is 6.58. The number of rotatable bonds is 6. The fourth-order valence-electron chi connectivity index (χ4n) is 3.93. The summed E-state index contributed by atoms with van der Waals surface area (Å²) in [4.78, 5) is 25.3. The zero-order valence-corrected chi connectivity index (χ0v) is 19.5. The topological polar surface area (TPSA) is 82.7 Å². The van der Waals surface area contributed by atoms with Crippen LogP contribution < -0.4 is 15.6 Å². The van der Waals surface area contributed by atoms with Crippen molar-refractivity contribution in [2.24, 2.45) is 0 Å². The van der Waals surface area contributed by atoms with Crippen LogP contribution in [0.3, 0.4) is 0 Å². The van der Waals surface area contributed by atoms with E-state index >= 15 is 0 Å². The van der Waals surface area contributed by atoms with Gasteiger partial charge in [0.15, 0.2) is 0 Å². The molecule has 0 saturated heterocycles. The lowest BCUT2D eigenvalue weighted by atomic mass is 10.1. The van der Waals surface area contributed by atoms with Gasteiger partial charge in [0.25, 0.3) is 5.56 Å². The van der Waals surface area contributed by atoms with Crippen molar-refractivity contribution < 1.29 is 4.39 Å². The third-order valence-electron chi connectivity index (χ3n) is 5.63. The second-order valence-corrected chi connectivity index (χ2v) is 8.99. The van der Waals surface area contributed by atoms with Crippen molar-refractivity contribution in [3.63, 3.8) is 0 Å². The molecule has 2 aromatic carbocycles. The Morgan fingerprint density at radius 1 is 1.06 bits per heavy atom. The summed E-state index contributed by atoms with van der Waals surface area (Å²) in [6, 6.07) is 14.2. The minimum Gasteiger partial charge on any atom is -0.339 e. The molecule has 0 radical (unpaired) electrons. The van der Waals surface area contributed by atoms with Gasteiger partial charge >= 0.3 is 0 Å². The van der Waals surface area contributed by atoms with Crippen LogP contribution in [0.1, 0.15) is 16.7 Å². The van der Waals surface area contributed by atoms with Gasteiger partial charge in [0.2, 0.25) is 0 Å².